The van der Waals surface area contributed by atoms with Crippen molar-refractivity contribution in [3.05, 3.63) is 5.89 Å². The van der Waals surface area contributed by atoms with Crippen LogP contribution in [0.5, 0.6) is 0 Å². The van der Waals surface area contributed by atoms with Crippen LogP contribution < -0.4 is 10.6 Å². The molecule has 3 heterocycles. The van der Waals surface area contributed by atoms with Crippen LogP contribution in [0.4, 0.5) is 14.8 Å². The van der Waals surface area contributed by atoms with Crippen molar-refractivity contribution in [1.29, 1.82) is 0 Å². The van der Waals surface area contributed by atoms with Gasteiger partial charge in [0.2, 0.25) is 5.91 Å². The van der Waals surface area contributed by atoms with Gasteiger partial charge in [-0.1, -0.05) is 5.10 Å². The van der Waals surface area contributed by atoms with E-state index in [0.29, 0.717) is 19.4 Å². The smallest absolute Gasteiger partial charge is 0.315 e. The van der Waals surface area contributed by atoms with Crippen LogP contribution in [0, 0.1) is 0 Å². The Balaban J connectivity index is 1.69. The molecule has 1 aromatic heterocycles. The molecule has 3 unspecified atom stereocenters. The number of hydrogen-bond donors (Lipinski definition) is 2. The van der Waals surface area contributed by atoms with Crippen LogP contribution >= 0.6 is 0 Å². The lowest BCUT2D eigenvalue weighted by molar-refractivity contribution is -0.124. The van der Waals surface area contributed by atoms with Crippen LogP contribution in [0.25, 0.3) is 0 Å². The van der Waals surface area contributed by atoms with Gasteiger partial charge in [0.15, 0.2) is 0 Å². The molecule has 2 fully saturated rings. The van der Waals surface area contributed by atoms with E-state index in [9.17, 15) is 13.6 Å². The first-order chi connectivity index (χ1) is 10.1. The van der Waals surface area contributed by atoms with E-state index in [0.717, 1.165) is 12.8 Å². The molecule has 1 aromatic rings. The zero-order valence-electron chi connectivity index (χ0n) is 11.2. The van der Waals surface area contributed by atoms with Crippen LogP contribution in [0.15, 0.2) is 4.42 Å². The fourth-order valence-corrected chi connectivity index (χ4v) is 2.76. The number of nitrogens with zero attached hydrogens (tertiary/aromatic N) is 2. The van der Waals surface area contributed by atoms with Gasteiger partial charge in [-0.15, -0.1) is 5.10 Å². The van der Waals surface area contributed by atoms with Crippen molar-refractivity contribution in [2.24, 2.45) is 0 Å². The van der Waals surface area contributed by atoms with Gasteiger partial charge in [0.1, 0.15) is 0 Å². The molecule has 1 amide bonds. The summed E-state index contributed by atoms with van der Waals surface area (Å²) in [6, 6.07) is -0.470. The summed E-state index contributed by atoms with van der Waals surface area (Å²) < 4.78 is 35.3. The second-order valence-electron chi connectivity index (χ2n) is 5.18. The summed E-state index contributed by atoms with van der Waals surface area (Å²) in [5.74, 6) is -0.752. The van der Waals surface area contributed by atoms with Crippen LogP contribution in [0.1, 0.15) is 38.0 Å². The number of nitrogens with one attached hydrogen (secondary N) is 2. The van der Waals surface area contributed by atoms with Gasteiger partial charge in [-0.05, 0) is 19.3 Å². The lowest BCUT2D eigenvalue weighted by atomic mass is 9.92. The molecule has 0 spiro atoms. The topological polar surface area (TPSA) is 89.3 Å². The van der Waals surface area contributed by atoms with Gasteiger partial charge in [0, 0.05) is 13.0 Å². The summed E-state index contributed by atoms with van der Waals surface area (Å²) in [4.78, 5) is 11.6. The van der Waals surface area contributed by atoms with E-state index in [4.69, 9.17) is 9.15 Å². The number of alkyl halides is 2. The van der Waals surface area contributed by atoms with Gasteiger partial charge in [-0.25, -0.2) is 0 Å². The highest BCUT2D eigenvalue weighted by Crippen LogP contribution is 2.25. The van der Waals surface area contributed by atoms with Gasteiger partial charge in [0.25, 0.3) is 5.89 Å². The first-order valence-corrected chi connectivity index (χ1v) is 6.92. The second-order valence-corrected chi connectivity index (χ2v) is 5.18. The Labute approximate surface area is 119 Å². The Morgan fingerprint density at radius 3 is 2.86 bits per heavy atom. The van der Waals surface area contributed by atoms with Gasteiger partial charge in [-0.2, -0.15) is 8.78 Å². The summed E-state index contributed by atoms with van der Waals surface area (Å²) in [6.45, 7) is 0.667. The number of carbonyl (C=O) groups excluding carboxylic acids is 1. The molecule has 2 saturated heterocycles. The number of ether oxygens (including phenoxy) is 1. The Kier molecular flexibility index (Phi) is 4.00. The van der Waals surface area contributed by atoms with Crippen LogP contribution in [0.3, 0.4) is 0 Å². The Morgan fingerprint density at radius 1 is 1.33 bits per heavy atom. The third kappa shape index (κ3) is 3.12. The minimum Gasteiger partial charge on any atom is -0.402 e. The average molecular weight is 302 g/mol. The number of piperidine rings is 1. The zero-order valence-corrected chi connectivity index (χ0v) is 11.2. The Hall–Kier alpha value is -1.77. The number of aromatic nitrogens is 2. The quantitative estimate of drug-likeness (QED) is 0.870. The summed E-state index contributed by atoms with van der Waals surface area (Å²) in [5.41, 5.74) is 0. The van der Waals surface area contributed by atoms with Gasteiger partial charge >= 0.3 is 12.4 Å². The van der Waals surface area contributed by atoms with Crippen molar-refractivity contribution in [3.63, 3.8) is 0 Å². The third-order valence-electron chi connectivity index (χ3n) is 3.75. The van der Waals surface area contributed by atoms with E-state index in [1.54, 1.807) is 0 Å². The first-order valence-electron chi connectivity index (χ1n) is 6.92. The number of rotatable bonds is 4. The van der Waals surface area contributed by atoms with Crippen molar-refractivity contribution in [1.82, 2.24) is 15.5 Å². The number of amides is 1. The maximum absolute atomic E-state index is 12.4. The molecule has 3 rings (SSSR count). The predicted octanol–water partition coefficient (Wildman–Crippen LogP) is 1.25. The number of hydrogen-bond acceptors (Lipinski definition) is 6. The van der Waals surface area contributed by atoms with E-state index < -0.39 is 12.3 Å². The van der Waals surface area contributed by atoms with Crippen LogP contribution in [-0.4, -0.2) is 40.9 Å². The van der Waals surface area contributed by atoms with Crippen molar-refractivity contribution < 1.29 is 22.7 Å². The van der Waals surface area contributed by atoms with E-state index in [2.05, 4.69) is 20.8 Å². The maximum atomic E-state index is 12.4. The Morgan fingerprint density at radius 2 is 2.19 bits per heavy atom. The summed E-state index contributed by atoms with van der Waals surface area (Å²) in [5, 5.41) is 12.7. The number of carbonyl (C=O) groups is 1. The molecule has 2 aliphatic rings. The first kappa shape index (κ1) is 14.2. The molecule has 0 aliphatic carbocycles. The molecular formula is C12H16F2N4O3. The molecule has 0 bridgehead atoms. The number of halogens is 2. The summed E-state index contributed by atoms with van der Waals surface area (Å²) in [6.07, 6.45) is -0.161. The van der Waals surface area contributed by atoms with Gasteiger partial charge < -0.3 is 19.8 Å². The maximum Gasteiger partial charge on any atom is 0.315 e. The molecule has 0 radical (unpaired) electrons. The standard InChI is InChI=1S/C12H16F2N4O3/c13-10(14)11-17-18-12(21-11)15-6-3-4-8(19)16-9(6)7-2-1-5-20-7/h6-7,9-10H,1-5H2,(H,15,18)(H,16,19). The van der Waals surface area contributed by atoms with E-state index >= 15 is 0 Å². The van der Waals surface area contributed by atoms with Crippen molar-refractivity contribution in [2.45, 2.75) is 50.3 Å². The minimum atomic E-state index is -2.80. The fraction of sp³-hybridized carbons (Fsp3) is 0.750. The van der Waals surface area contributed by atoms with E-state index in [1.165, 1.54) is 0 Å². The monoisotopic (exact) mass is 302 g/mol. The molecule has 3 atom stereocenters. The normalized spacial score (nSPS) is 29.7. The van der Waals surface area contributed by atoms with E-state index in [-0.39, 0.29) is 30.1 Å². The average Bonchev–Trinajstić information content (AvgIpc) is 3.11. The summed E-state index contributed by atoms with van der Waals surface area (Å²) in [7, 11) is 0. The third-order valence-corrected chi connectivity index (χ3v) is 3.75. The number of anilines is 1. The molecule has 116 valence electrons. The molecule has 2 N–H and O–H groups in total. The molecular weight excluding hydrogens is 286 g/mol. The molecule has 0 aromatic carbocycles. The van der Waals surface area contributed by atoms with Gasteiger partial charge in [0.05, 0.1) is 18.2 Å². The van der Waals surface area contributed by atoms with E-state index in [1.807, 2.05) is 0 Å². The lowest BCUT2D eigenvalue weighted by Gasteiger charge is -2.35. The molecule has 7 nitrogen and oxygen atoms in total. The molecule has 0 saturated carbocycles. The minimum absolute atomic E-state index is 0.0349. The van der Waals surface area contributed by atoms with Crippen molar-refractivity contribution in [2.75, 3.05) is 11.9 Å². The zero-order chi connectivity index (χ0) is 14.8. The fourth-order valence-electron chi connectivity index (χ4n) is 2.76. The molecule has 9 heteroatoms. The Bertz CT molecular complexity index is 504. The van der Waals surface area contributed by atoms with Crippen molar-refractivity contribution in [3.8, 4) is 0 Å². The second kappa shape index (κ2) is 5.92. The molecule has 2 aliphatic heterocycles. The molecule has 21 heavy (non-hydrogen) atoms. The highest BCUT2D eigenvalue weighted by molar-refractivity contribution is 5.77. The van der Waals surface area contributed by atoms with Crippen LogP contribution in [0.2, 0.25) is 0 Å². The van der Waals surface area contributed by atoms with Crippen LogP contribution in [-0.2, 0) is 9.53 Å². The summed E-state index contributed by atoms with van der Waals surface area (Å²) >= 11 is 0. The highest BCUT2D eigenvalue weighted by atomic mass is 19.3. The largest absolute Gasteiger partial charge is 0.402 e. The SMILES string of the molecule is O=C1CCC(Nc2nnc(C(F)F)o2)C(C2CCCO2)N1. The van der Waals surface area contributed by atoms with Gasteiger partial charge in [-0.3, -0.25) is 4.79 Å². The lowest BCUT2D eigenvalue weighted by Crippen LogP contribution is -2.56. The van der Waals surface area contributed by atoms with Crippen molar-refractivity contribution >= 4 is 11.9 Å². The predicted molar refractivity (Wildman–Crippen MR) is 66.8 cm³/mol. The highest BCUT2D eigenvalue weighted by Gasteiger charge is 2.37.